The van der Waals surface area contributed by atoms with Crippen LogP contribution in [0.25, 0.3) is 0 Å². The molecule has 0 radical (unpaired) electrons. The summed E-state index contributed by atoms with van der Waals surface area (Å²) >= 11 is 0. The molecule has 144 valence electrons. The molecule has 0 spiro atoms. The molecule has 1 heterocycles. The molecule has 0 aromatic heterocycles. The van der Waals surface area contributed by atoms with Gasteiger partial charge in [-0.05, 0) is 39.3 Å². The fourth-order valence-electron chi connectivity index (χ4n) is 2.62. The number of likely N-dealkylation sites (tertiary alicyclic amines) is 1. The van der Waals surface area contributed by atoms with Gasteiger partial charge in [0.25, 0.3) is 5.69 Å². The van der Waals surface area contributed by atoms with E-state index in [4.69, 9.17) is 4.74 Å². The minimum atomic E-state index is -4.84. The molecule has 1 N–H and O–H groups in total. The largest absolute Gasteiger partial charge is 0.444 e. The van der Waals surface area contributed by atoms with Crippen molar-refractivity contribution in [2.24, 2.45) is 0 Å². The standard InChI is InChI=1S/C16H20F3N3O4/c1-15(2,3)26-14(23)21-7-6-11(9-21)20-10-4-5-13(22(24)25)12(8-10)16(17,18)19/h4-5,8,11,20H,6-7,9H2,1-3H3. The molecule has 1 aromatic rings. The van der Waals surface area contributed by atoms with Crippen molar-refractivity contribution in [3.63, 3.8) is 0 Å². The number of carbonyl (C=O) groups excluding carboxylic acids is 1. The molecule has 2 rings (SSSR count). The Morgan fingerprint density at radius 1 is 1.35 bits per heavy atom. The first kappa shape index (κ1) is 19.8. The van der Waals surface area contributed by atoms with Crippen molar-refractivity contribution in [1.82, 2.24) is 4.90 Å². The van der Waals surface area contributed by atoms with Crippen LogP contribution in [0, 0.1) is 10.1 Å². The van der Waals surface area contributed by atoms with Crippen molar-refractivity contribution < 1.29 is 27.6 Å². The Kier molecular flexibility index (Phi) is 5.33. The number of anilines is 1. The summed E-state index contributed by atoms with van der Waals surface area (Å²) in [4.78, 5) is 23.2. The summed E-state index contributed by atoms with van der Waals surface area (Å²) in [5, 5.41) is 13.7. The normalized spacial score (nSPS) is 17.9. The van der Waals surface area contributed by atoms with E-state index in [0.29, 0.717) is 19.0 Å². The second-order valence-corrected chi connectivity index (χ2v) is 7.04. The number of hydrogen-bond acceptors (Lipinski definition) is 5. The van der Waals surface area contributed by atoms with E-state index in [2.05, 4.69) is 5.32 Å². The van der Waals surface area contributed by atoms with Gasteiger partial charge in [-0.3, -0.25) is 10.1 Å². The lowest BCUT2D eigenvalue weighted by Crippen LogP contribution is -2.36. The predicted molar refractivity (Wildman–Crippen MR) is 87.9 cm³/mol. The average Bonchev–Trinajstić information content (AvgIpc) is 2.93. The van der Waals surface area contributed by atoms with Gasteiger partial charge in [0.2, 0.25) is 0 Å². The zero-order valence-corrected chi connectivity index (χ0v) is 14.6. The molecule has 1 aliphatic rings. The Morgan fingerprint density at radius 3 is 2.54 bits per heavy atom. The van der Waals surface area contributed by atoms with Crippen molar-refractivity contribution in [2.75, 3.05) is 18.4 Å². The van der Waals surface area contributed by atoms with Gasteiger partial charge in [-0.25, -0.2) is 4.79 Å². The summed E-state index contributed by atoms with van der Waals surface area (Å²) in [5.74, 6) is 0. The molecule has 10 heteroatoms. The number of nitro benzene ring substituents is 1. The van der Waals surface area contributed by atoms with Crippen LogP contribution in [-0.4, -0.2) is 40.6 Å². The highest BCUT2D eigenvalue weighted by Gasteiger charge is 2.38. The van der Waals surface area contributed by atoms with E-state index in [0.717, 1.165) is 6.07 Å². The molecule has 0 aliphatic carbocycles. The summed E-state index contributed by atoms with van der Waals surface area (Å²) in [6, 6.07) is 2.49. The van der Waals surface area contributed by atoms with Crippen LogP contribution in [0.2, 0.25) is 0 Å². The van der Waals surface area contributed by atoms with Gasteiger partial charge in [0, 0.05) is 30.9 Å². The third kappa shape index (κ3) is 4.99. The number of nitrogens with one attached hydrogen (secondary N) is 1. The molecule has 1 saturated heterocycles. The highest BCUT2D eigenvalue weighted by molar-refractivity contribution is 5.68. The first-order chi connectivity index (χ1) is 11.9. The second kappa shape index (κ2) is 7.00. The summed E-state index contributed by atoms with van der Waals surface area (Å²) in [6.45, 7) is 5.91. The monoisotopic (exact) mass is 375 g/mol. The lowest BCUT2D eigenvalue weighted by molar-refractivity contribution is -0.388. The number of carbonyl (C=O) groups is 1. The van der Waals surface area contributed by atoms with Crippen LogP contribution < -0.4 is 5.32 Å². The quantitative estimate of drug-likeness (QED) is 0.637. The summed E-state index contributed by atoms with van der Waals surface area (Å²) in [7, 11) is 0. The third-order valence-corrected chi connectivity index (χ3v) is 3.71. The summed E-state index contributed by atoms with van der Waals surface area (Å²) < 4.78 is 44.3. The molecular weight excluding hydrogens is 355 g/mol. The van der Waals surface area contributed by atoms with E-state index in [1.165, 1.54) is 11.0 Å². The summed E-state index contributed by atoms with van der Waals surface area (Å²) in [5.41, 5.74) is -2.83. The molecule has 0 bridgehead atoms. The van der Waals surface area contributed by atoms with E-state index in [9.17, 15) is 28.1 Å². The molecule has 7 nitrogen and oxygen atoms in total. The highest BCUT2D eigenvalue weighted by Crippen LogP contribution is 2.37. The SMILES string of the molecule is CC(C)(C)OC(=O)N1CCC(Nc2ccc([N+](=O)[O-])c(C(F)(F)F)c2)C1. The number of nitrogens with zero attached hydrogens (tertiary/aromatic N) is 2. The maximum Gasteiger partial charge on any atom is 0.423 e. The van der Waals surface area contributed by atoms with Crippen molar-refractivity contribution >= 4 is 17.5 Å². The van der Waals surface area contributed by atoms with Gasteiger partial charge < -0.3 is 15.0 Å². The molecule has 1 aliphatic heterocycles. The van der Waals surface area contributed by atoms with Crippen LogP contribution in [0.4, 0.5) is 29.3 Å². The molecule has 0 saturated carbocycles. The molecule has 26 heavy (non-hydrogen) atoms. The van der Waals surface area contributed by atoms with Crippen molar-refractivity contribution in [3.05, 3.63) is 33.9 Å². The highest BCUT2D eigenvalue weighted by atomic mass is 19.4. The minimum Gasteiger partial charge on any atom is -0.444 e. The van der Waals surface area contributed by atoms with Gasteiger partial charge in [-0.1, -0.05) is 0 Å². The topological polar surface area (TPSA) is 84.7 Å². The van der Waals surface area contributed by atoms with E-state index < -0.39 is 34.0 Å². The van der Waals surface area contributed by atoms with Crippen molar-refractivity contribution in [1.29, 1.82) is 0 Å². The molecule has 1 unspecified atom stereocenters. The third-order valence-electron chi connectivity index (χ3n) is 3.71. The molecular formula is C16H20F3N3O4. The van der Waals surface area contributed by atoms with E-state index in [-0.39, 0.29) is 18.3 Å². The molecule has 1 aromatic carbocycles. The van der Waals surface area contributed by atoms with Crippen LogP contribution in [0.1, 0.15) is 32.8 Å². The van der Waals surface area contributed by atoms with Gasteiger partial charge in [-0.15, -0.1) is 0 Å². The van der Waals surface area contributed by atoms with Crippen LogP contribution in [0.5, 0.6) is 0 Å². The van der Waals surface area contributed by atoms with Gasteiger partial charge in [0.1, 0.15) is 11.2 Å². The van der Waals surface area contributed by atoms with E-state index in [1.807, 2.05) is 0 Å². The maximum absolute atomic E-state index is 13.0. The summed E-state index contributed by atoms with van der Waals surface area (Å²) in [6.07, 6.45) is -4.79. The Bertz CT molecular complexity index is 701. The van der Waals surface area contributed by atoms with E-state index >= 15 is 0 Å². The number of hydrogen-bond donors (Lipinski definition) is 1. The number of halogens is 3. The number of benzene rings is 1. The fourth-order valence-corrected chi connectivity index (χ4v) is 2.62. The van der Waals surface area contributed by atoms with Crippen LogP contribution >= 0.6 is 0 Å². The minimum absolute atomic E-state index is 0.110. The average molecular weight is 375 g/mol. The lowest BCUT2D eigenvalue weighted by Gasteiger charge is -2.24. The molecule has 1 fully saturated rings. The van der Waals surface area contributed by atoms with E-state index in [1.54, 1.807) is 20.8 Å². The first-order valence-corrected chi connectivity index (χ1v) is 7.97. The Balaban J connectivity index is 2.08. The van der Waals surface area contributed by atoms with Gasteiger partial charge in [0.15, 0.2) is 0 Å². The van der Waals surface area contributed by atoms with Crippen LogP contribution in [-0.2, 0) is 10.9 Å². The number of ether oxygens (including phenoxy) is 1. The number of amides is 1. The Hall–Kier alpha value is -2.52. The van der Waals surface area contributed by atoms with Gasteiger partial charge in [0.05, 0.1) is 4.92 Å². The maximum atomic E-state index is 13.0. The second-order valence-electron chi connectivity index (χ2n) is 7.04. The Morgan fingerprint density at radius 2 is 2.00 bits per heavy atom. The van der Waals surface area contributed by atoms with Crippen LogP contribution in [0.3, 0.4) is 0 Å². The van der Waals surface area contributed by atoms with Crippen molar-refractivity contribution in [2.45, 2.75) is 45.0 Å². The Labute approximate surface area is 148 Å². The first-order valence-electron chi connectivity index (χ1n) is 7.97. The zero-order chi connectivity index (χ0) is 19.7. The molecule has 1 atom stereocenters. The zero-order valence-electron chi connectivity index (χ0n) is 14.6. The lowest BCUT2D eigenvalue weighted by atomic mass is 10.1. The van der Waals surface area contributed by atoms with Gasteiger partial charge in [-0.2, -0.15) is 13.2 Å². The van der Waals surface area contributed by atoms with Gasteiger partial charge >= 0.3 is 12.3 Å². The molecule has 1 amide bonds. The van der Waals surface area contributed by atoms with Crippen LogP contribution in [0.15, 0.2) is 18.2 Å². The number of alkyl halides is 3. The smallest absolute Gasteiger partial charge is 0.423 e. The fraction of sp³-hybridized carbons (Fsp3) is 0.562. The predicted octanol–water partition coefficient (Wildman–Crippen LogP) is 4.03. The number of nitro groups is 1. The number of rotatable bonds is 3. The van der Waals surface area contributed by atoms with Crippen molar-refractivity contribution in [3.8, 4) is 0 Å².